The van der Waals surface area contributed by atoms with Crippen LogP contribution >= 0.6 is 0 Å². The van der Waals surface area contributed by atoms with Crippen LogP contribution in [0, 0.1) is 5.82 Å². The van der Waals surface area contributed by atoms with Crippen LogP contribution in [0.2, 0.25) is 0 Å². The predicted octanol–water partition coefficient (Wildman–Crippen LogP) is 5.03. The van der Waals surface area contributed by atoms with Crippen LogP contribution in [-0.2, 0) is 0 Å². The summed E-state index contributed by atoms with van der Waals surface area (Å²) in [6, 6.07) is 21.8. The third-order valence-corrected chi connectivity index (χ3v) is 5.92. The van der Waals surface area contributed by atoms with Gasteiger partial charge in [-0.25, -0.2) is 4.39 Å². The number of likely N-dealkylation sites (N-methyl/N-ethyl adjacent to an activating group) is 1. The number of carbonyl (C=O) groups excluding carboxylic acids is 1. The minimum atomic E-state index is -0.317. The van der Waals surface area contributed by atoms with Crippen molar-refractivity contribution in [3.8, 4) is 11.5 Å². The Morgan fingerprint density at radius 3 is 2.41 bits per heavy atom. The fourth-order valence-electron chi connectivity index (χ4n) is 3.97. The molecule has 3 aromatic carbocycles. The van der Waals surface area contributed by atoms with Crippen LogP contribution in [0.1, 0.15) is 16.8 Å². The second-order valence-electron chi connectivity index (χ2n) is 8.29. The van der Waals surface area contributed by atoms with Crippen LogP contribution in [0.5, 0.6) is 11.5 Å². The lowest BCUT2D eigenvalue weighted by Crippen LogP contribution is -2.31. The second-order valence-corrected chi connectivity index (χ2v) is 8.29. The van der Waals surface area contributed by atoms with Gasteiger partial charge in [-0.1, -0.05) is 24.3 Å². The SMILES string of the molecule is CN(C(=O)c1cccc(Oc2ccccc2)c1)c1ccc(N2CCC(N(C)C)C2)c(F)c1. The molecule has 3 aromatic rings. The third kappa shape index (κ3) is 4.75. The van der Waals surface area contributed by atoms with E-state index in [0.717, 1.165) is 19.5 Å². The molecule has 32 heavy (non-hydrogen) atoms. The van der Waals surface area contributed by atoms with Crippen LogP contribution in [0.4, 0.5) is 15.8 Å². The fourth-order valence-corrected chi connectivity index (χ4v) is 3.97. The first kappa shape index (κ1) is 21.8. The molecule has 0 aliphatic carbocycles. The van der Waals surface area contributed by atoms with E-state index >= 15 is 0 Å². The number of para-hydroxylation sites is 1. The van der Waals surface area contributed by atoms with Crippen molar-refractivity contribution in [2.45, 2.75) is 12.5 Å². The molecular formula is C26H28FN3O2. The molecule has 4 rings (SSSR count). The zero-order valence-corrected chi connectivity index (χ0v) is 18.7. The Morgan fingerprint density at radius 2 is 1.72 bits per heavy atom. The first-order chi connectivity index (χ1) is 15.4. The van der Waals surface area contributed by atoms with Gasteiger partial charge < -0.3 is 19.4 Å². The topological polar surface area (TPSA) is 36.0 Å². The minimum absolute atomic E-state index is 0.232. The summed E-state index contributed by atoms with van der Waals surface area (Å²) in [7, 11) is 5.75. The summed E-state index contributed by atoms with van der Waals surface area (Å²) in [5.41, 5.74) is 1.56. The maximum absolute atomic E-state index is 14.9. The molecule has 0 spiro atoms. The predicted molar refractivity (Wildman–Crippen MR) is 126 cm³/mol. The number of hydrogen-bond donors (Lipinski definition) is 0. The van der Waals surface area contributed by atoms with Crippen LogP contribution in [0.15, 0.2) is 72.8 Å². The largest absolute Gasteiger partial charge is 0.457 e. The fraction of sp³-hybridized carbons (Fsp3) is 0.269. The summed E-state index contributed by atoms with van der Waals surface area (Å²) < 4.78 is 20.8. The number of rotatable bonds is 6. The Bertz CT molecular complexity index is 1090. The third-order valence-electron chi connectivity index (χ3n) is 5.92. The van der Waals surface area contributed by atoms with Crippen molar-refractivity contribution in [3.63, 3.8) is 0 Å². The smallest absolute Gasteiger partial charge is 0.258 e. The molecule has 166 valence electrons. The summed E-state index contributed by atoms with van der Waals surface area (Å²) in [6.07, 6.45) is 1.01. The molecule has 1 heterocycles. The maximum atomic E-state index is 14.9. The van der Waals surface area contributed by atoms with Gasteiger partial charge in [-0.3, -0.25) is 4.79 Å². The van der Waals surface area contributed by atoms with Crippen molar-refractivity contribution in [3.05, 3.63) is 84.2 Å². The Kier molecular flexibility index (Phi) is 6.42. The lowest BCUT2D eigenvalue weighted by atomic mass is 10.1. The standard InChI is InChI=1S/C26H28FN3O2/c1-28(2)21-14-15-30(18-21)25-13-12-20(17-24(25)27)29(3)26(31)19-8-7-11-23(16-19)32-22-9-5-4-6-10-22/h4-13,16-17,21H,14-15,18H2,1-3H3. The molecule has 1 atom stereocenters. The molecule has 1 aliphatic rings. The molecule has 1 unspecified atom stereocenters. The van der Waals surface area contributed by atoms with Gasteiger partial charge in [-0.2, -0.15) is 0 Å². The van der Waals surface area contributed by atoms with Crippen LogP contribution < -0.4 is 14.5 Å². The molecule has 1 aliphatic heterocycles. The number of amides is 1. The highest BCUT2D eigenvalue weighted by Crippen LogP contribution is 2.29. The minimum Gasteiger partial charge on any atom is -0.457 e. The summed E-state index contributed by atoms with van der Waals surface area (Å²) in [5.74, 6) is 0.718. The summed E-state index contributed by atoms with van der Waals surface area (Å²) in [4.78, 5) is 18.8. The Labute approximate surface area is 188 Å². The molecule has 5 nitrogen and oxygen atoms in total. The van der Waals surface area contributed by atoms with E-state index in [-0.39, 0.29) is 11.7 Å². The summed E-state index contributed by atoms with van der Waals surface area (Å²) >= 11 is 0. The molecule has 1 fully saturated rings. The van der Waals surface area contributed by atoms with Gasteiger partial charge in [0, 0.05) is 37.4 Å². The van der Waals surface area contributed by atoms with Crippen LogP contribution in [0.3, 0.4) is 0 Å². The van der Waals surface area contributed by atoms with Crippen molar-refractivity contribution in [1.82, 2.24) is 4.90 Å². The van der Waals surface area contributed by atoms with Gasteiger partial charge in [0.1, 0.15) is 17.3 Å². The van der Waals surface area contributed by atoms with Crippen molar-refractivity contribution in [1.29, 1.82) is 0 Å². The number of ether oxygens (including phenoxy) is 1. The van der Waals surface area contributed by atoms with Gasteiger partial charge >= 0.3 is 0 Å². The number of benzene rings is 3. The monoisotopic (exact) mass is 433 g/mol. The second kappa shape index (κ2) is 9.40. The number of nitrogens with zero attached hydrogens (tertiary/aromatic N) is 3. The quantitative estimate of drug-likeness (QED) is 0.546. The van der Waals surface area contributed by atoms with E-state index in [2.05, 4.69) is 9.80 Å². The van der Waals surface area contributed by atoms with Gasteiger partial charge in [0.2, 0.25) is 0 Å². The normalized spacial score (nSPS) is 15.8. The molecule has 1 amide bonds. The maximum Gasteiger partial charge on any atom is 0.258 e. The zero-order valence-electron chi connectivity index (χ0n) is 18.7. The van der Waals surface area contributed by atoms with Crippen LogP contribution in [-0.4, -0.2) is 51.1 Å². The molecule has 0 saturated carbocycles. The molecule has 0 bridgehead atoms. The van der Waals surface area contributed by atoms with Gasteiger partial charge in [0.15, 0.2) is 0 Å². The van der Waals surface area contributed by atoms with E-state index in [1.807, 2.05) is 44.4 Å². The molecule has 0 N–H and O–H groups in total. The summed E-state index contributed by atoms with van der Waals surface area (Å²) in [5, 5.41) is 0. The van der Waals surface area contributed by atoms with Crippen molar-refractivity contribution in [2.75, 3.05) is 44.0 Å². The average Bonchev–Trinajstić information content (AvgIpc) is 3.29. The first-order valence-corrected chi connectivity index (χ1v) is 10.7. The highest BCUT2D eigenvalue weighted by atomic mass is 19.1. The van der Waals surface area contributed by atoms with E-state index in [4.69, 9.17) is 4.74 Å². The zero-order chi connectivity index (χ0) is 22.7. The molecule has 0 radical (unpaired) electrons. The van der Waals surface area contributed by atoms with Crippen molar-refractivity contribution < 1.29 is 13.9 Å². The van der Waals surface area contributed by atoms with E-state index in [9.17, 15) is 9.18 Å². The van der Waals surface area contributed by atoms with E-state index in [0.29, 0.717) is 34.5 Å². The first-order valence-electron chi connectivity index (χ1n) is 10.7. The van der Waals surface area contributed by atoms with Gasteiger partial charge in [-0.15, -0.1) is 0 Å². The number of halogens is 1. The highest BCUT2D eigenvalue weighted by Gasteiger charge is 2.26. The average molecular weight is 434 g/mol. The van der Waals surface area contributed by atoms with Crippen molar-refractivity contribution in [2.24, 2.45) is 0 Å². The van der Waals surface area contributed by atoms with Gasteiger partial charge in [0.25, 0.3) is 5.91 Å². The Hall–Kier alpha value is -3.38. The van der Waals surface area contributed by atoms with E-state index in [1.54, 1.807) is 43.4 Å². The number of hydrogen-bond acceptors (Lipinski definition) is 4. The number of anilines is 2. The lowest BCUT2D eigenvalue weighted by molar-refractivity contribution is 0.0992. The van der Waals surface area contributed by atoms with E-state index < -0.39 is 0 Å². The molecule has 1 saturated heterocycles. The Balaban J connectivity index is 1.48. The van der Waals surface area contributed by atoms with Gasteiger partial charge in [0.05, 0.1) is 5.69 Å². The molecular weight excluding hydrogens is 405 g/mol. The molecule has 6 heteroatoms. The summed E-state index contributed by atoms with van der Waals surface area (Å²) in [6.45, 7) is 1.62. The highest BCUT2D eigenvalue weighted by molar-refractivity contribution is 6.06. The van der Waals surface area contributed by atoms with E-state index in [1.165, 1.54) is 11.0 Å². The Morgan fingerprint density at radius 1 is 0.969 bits per heavy atom. The number of carbonyl (C=O) groups is 1. The van der Waals surface area contributed by atoms with Crippen LogP contribution in [0.25, 0.3) is 0 Å². The molecule has 0 aromatic heterocycles. The van der Waals surface area contributed by atoms with Crippen molar-refractivity contribution >= 4 is 17.3 Å². The lowest BCUT2D eigenvalue weighted by Gasteiger charge is -2.24. The van der Waals surface area contributed by atoms with Gasteiger partial charge in [-0.05, 0) is 69.0 Å².